The third kappa shape index (κ3) is 5.46. The molecule has 210 valence electrons. The molecule has 40 heavy (non-hydrogen) atoms. The van der Waals surface area contributed by atoms with Crippen molar-refractivity contribution in [3.8, 4) is 0 Å². The smallest absolute Gasteiger partial charge is 0.321 e. The number of aromatic nitrogens is 3. The fourth-order valence-corrected chi connectivity index (χ4v) is 6.69. The van der Waals surface area contributed by atoms with Crippen LogP contribution in [-0.2, 0) is 0 Å². The molecule has 1 unspecified atom stereocenters. The molecular weight excluding hydrogens is 507 g/mol. The second-order valence-corrected chi connectivity index (χ2v) is 11.4. The summed E-state index contributed by atoms with van der Waals surface area (Å²) >= 11 is 0. The number of benzene rings is 1. The molecular formula is C31H37FN6O2. The van der Waals surface area contributed by atoms with Gasteiger partial charge < -0.3 is 15.1 Å². The molecule has 3 aromatic rings. The van der Waals surface area contributed by atoms with Crippen molar-refractivity contribution in [2.75, 3.05) is 31.5 Å². The Morgan fingerprint density at radius 3 is 2.38 bits per heavy atom. The van der Waals surface area contributed by atoms with E-state index in [4.69, 9.17) is 5.10 Å². The predicted octanol–water partition coefficient (Wildman–Crippen LogP) is 5.96. The van der Waals surface area contributed by atoms with Crippen LogP contribution in [0, 0.1) is 5.82 Å². The molecule has 1 atom stereocenters. The maximum atomic E-state index is 14.0. The van der Waals surface area contributed by atoms with Crippen molar-refractivity contribution in [1.82, 2.24) is 24.6 Å². The molecule has 4 heterocycles. The van der Waals surface area contributed by atoms with Gasteiger partial charge in [0.2, 0.25) is 0 Å². The lowest BCUT2D eigenvalue weighted by Gasteiger charge is -2.34. The van der Waals surface area contributed by atoms with Crippen LogP contribution in [-0.4, -0.2) is 62.7 Å². The molecule has 9 heteroatoms. The highest BCUT2D eigenvalue weighted by molar-refractivity contribution is 5.95. The zero-order chi connectivity index (χ0) is 27.5. The summed E-state index contributed by atoms with van der Waals surface area (Å²) in [5, 5.41) is 7.52. The Morgan fingerprint density at radius 2 is 1.62 bits per heavy atom. The Morgan fingerprint density at radius 1 is 0.850 bits per heavy atom. The standard InChI is InChI=1S/C31H37FN6O2/c32-27-10-4-5-11-28(27)35-31(40)36-17-13-25(14-18-36)38-29(22-7-2-1-3-8-22)26(20-34-38)30(39)37-16-12-24(21-37)23-9-6-15-33-19-23/h4-6,9-11,15,19-20,22,24-25H,1-3,7-8,12-14,16-18,21H2,(H,35,40). The molecule has 3 amide bonds. The van der Waals surface area contributed by atoms with E-state index in [2.05, 4.69) is 21.0 Å². The molecule has 2 aliphatic heterocycles. The maximum Gasteiger partial charge on any atom is 0.321 e. The molecule has 0 radical (unpaired) electrons. The number of hydrogen-bond acceptors (Lipinski definition) is 4. The molecule has 1 aliphatic carbocycles. The van der Waals surface area contributed by atoms with Crippen molar-refractivity contribution in [3.05, 3.63) is 77.6 Å². The Balaban J connectivity index is 1.17. The molecule has 1 N–H and O–H groups in total. The van der Waals surface area contributed by atoms with Crippen molar-refractivity contribution in [2.45, 2.75) is 69.2 Å². The van der Waals surface area contributed by atoms with Crippen LogP contribution in [0.3, 0.4) is 0 Å². The van der Waals surface area contributed by atoms with Crippen molar-refractivity contribution in [2.24, 2.45) is 0 Å². The zero-order valence-electron chi connectivity index (χ0n) is 22.8. The largest absolute Gasteiger partial charge is 0.338 e. The van der Waals surface area contributed by atoms with E-state index >= 15 is 0 Å². The number of nitrogens with zero attached hydrogens (tertiary/aromatic N) is 5. The number of para-hydroxylation sites is 1. The summed E-state index contributed by atoms with van der Waals surface area (Å²) < 4.78 is 16.1. The van der Waals surface area contributed by atoms with Crippen molar-refractivity contribution in [1.29, 1.82) is 0 Å². The summed E-state index contributed by atoms with van der Waals surface area (Å²) in [5.74, 6) is 0.279. The van der Waals surface area contributed by atoms with Crippen LogP contribution in [0.2, 0.25) is 0 Å². The number of likely N-dealkylation sites (tertiary alicyclic amines) is 2. The number of piperidine rings is 1. The van der Waals surface area contributed by atoms with Crippen molar-refractivity contribution in [3.63, 3.8) is 0 Å². The lowest BCUT2D eigenvalue weighted by Crippen LogP contribution is -2.42. The molecule has 1 aromatic carbocycles. The van der Waals surface area contributed by atoms with Gasteiger partial charge in [0.15, 0.2) is 0 Å². The third-order valence-electron chi connectivity index (χ3n) is 8.90. The van der Waals surface area contributed by atoms with Crippen LogP contribution < -0.4 is 5.32 Å². The van der Waals surface area contributed by atoms with E-state index in [0.29, 0.717) is 31.5 Å². The number of nitrogens with one attached hydrogen (secondary N) is 1. The van der Waals surface area contributed by atoms with Gasteiger partial charge >= 0.3 is 6.03 Å². The van der Waals surface area contributed by atoms with E-state index in [-0.39, 0.29) is 23.7 Å². The van der Waals surface area contributed by atoms with Gasteiger partial charge in [-0.15, -0.1) is 0 Å². The SMILES string of the molecule is O=C(Nc1ccccc1F)N1CCC(n2ncc(C(=O)N3CCC(c4cccnc4)C3)c2C2CCCCC2)CC1. The highest BCUT2D eigenvalue weighted by Crippen LogP contribution is 2.38. The van der Waals surface area contributed by atoms with E-state index in [1.165, 1.54) is 30.9 Å². The number of anilines is 1. The van der Waals surface area contributed by atoms with Crippen LogP contribution in [0.5, 0.6) is 0 Å². The van der Waals surface area contributed by atoms with Crippen molar-refractivity contribution < 1.29 is 14.0 Å². The molecule has 0 bridgehead atoms. The minimum Gasteiger partial charge on any atom is -0.338 e. The van der Waals surface area contributed by atoms with Gasteiger partial charge in [-0.1, -0.05) is 37.5 Å². The highest BCUT2D eigenvalue weighted by Gasteiger charge is 2.35. The minimum absolute atomic E-state index is 0.0833. The van der Waals surface area contributed by atoms with Crippen molar-refractivity contribution >= 4 is 17.6 Å². The maximum absolute atomic E-state index is 14.0. The molecule has 0 spiro atoms. The number of hydrogen-bond donors (Lipinski definition) is 1. The van der Waals surface area contributed by atoms with Gasteiger partial charge in [0.05, 0.1) is 29.2 Å². The van der Waals surface area contributed by atoms with Crippen LogP contribution in [0.4, 0.5) is 14.9 Å². The molecule has 8 nitrogen and oxygen atoms in total. The Kier molecular flexibility index (Phi) is 7.80. The van der Waals surface area contributed by atoms with E-state index in [9.17, 15) is 14.0 Å². The topological polar surface area (TPSA) is 83.4 Å². The van der Waals surface area contributed by atoms with Gasteiger partial charge in [-0.05, 0) is 55.9 Å². The summed E-state index contributed by atoms with van der Waals surface area (Å²) in [6.07, 6.45) is 13.7. The number of urea groups is 1. The van der Waals surface area contributed by atoms with Gasteiger partial charge in [-0.25, -0.2) is 9.18 Å². The molecule has 6 rings (SSSR count). The lowest BCUT2D eigenvalue weighted by molar-refractivity contribution is 0.0788. The average molecular weight is 545 g/mol. The Bertz CT molecular complexity index is 1330. The number of halogens is 1. The molecule has 1 saturated carbocycles. The van der Waals surface area contributed by atoms with Crippen LogP contribution in [0.1, 0.15) is 90.9 Å². The molecule has 3 aliphatic rings. The first kappa shape index (κ1) is 26.5. The van der Waals surface area contributed by atoms with E-state index in [1.807, 2.05) is 17.2 Å². The predicted molar refractivity (Wildman–Crippen MR) is 151 cm³/mol. The number of amides is 3. The zero-order valence-corrected chi connectivity index (χ0v) is 22.8. The number of pyridine rings is 1. The first-order valence-electron chi connectivity index (χ1n) is 14.7. The van der Waals surface area contributed by atoms with E-state index in [1.54, 1.807) is 35.5 Å². The molecule has 3 fully saturated rings. The number of carbonyl (C=O) groups is 2. The quantitative estimate of drug-likeness (QED) is 0.429. The summed E-state index contributed by atoms with van der Waals surface area (Å²) in [6.45, 7) is 2.55. The normalized spacial score (nSPS) is 20.6. The molecule has 2 aromatic heterocycles. The summed E-state index contributed by atoms with van der Waals surface area (Å²) in [7, 11) is 0. The van der Waals surface area contributed by atoms with Gasteiger partial charge in [-0.3, -0.25) is 14.5 Å². The monoisotopic (exact) mass is 544 g/mol. The average Bonchev–Trinajstić information content (AvgIpc) is 3.68. The first-order valence-corrected chi connectivity index (χ1v) is 14.7. The van der Waals surface area contributed by atoms with Gasteiger partial charge in [0, 0.05) is 50.4 Å². The molecule has 2 saturated heterocycles. The van der Waals surface area contributed by atoms with Crippen LogP contribution in [0.15, 0.2) is 55.0 Å². The first-order chi connectivity index (χ1) is 19.6. The fourth-order valence-electron chi connectivity index (χ4n) is 6.69. The van der Waals surface area contributed by atoms with Crippen LogP contribution >= 0.6 is 0 Å². The number of carbonyl (C=O) groups excluding carboxylic acids is 2. The lowest BCUT2D eigenvalue weighted by atomic mass is 9.85. The Hall–Kier alpha value is -3.75. The highest BCUT2D eigenvalue weighted by atomic mass is 19.1. The van der Waals surface area contributed by atoms with E-state index < -0.39 is 5.82 Å². The summed E-state index contributed by atoms with van der Waals surface area (Å²) in [6, 6.07) is 10.1. The fraction of sp³-hybridized carbons (Fsp3) is 0.484. The summed E-state index contributed by atoms with van der Waals surface area (Å²) in [5.41, 5.74) is 3.21. The number of rotatable bonds is 5. The second kappa shape index (κ2) is 11.8. The summed E-state index contributed by atoms with van der Waals surface area (Å²) in [4.78, 5) is 34.7. The van der Waals surface area contributed by atoms with E-state index in [0.717, 1.165) is 49.9 Å². The minimum atomic E-state index is -0.443. The van der Waals surface area contributed by atoms with Crippen LogP contribution in [0.25, 0.3) is 0 Å². The van der Waals surface area contributed by atoms with Gasteiger partial charge in [0.25, 0.3) is 5.91 Å². The Labute approximate surface area is 234 Å². The third-order valence-corrected chi connectivity index (χ3v) is 8.90. The van der Waals surface area contributed by atoms with Gasteiger partial charge in [0.1, 0.15) is 5.82 Å². The van der Waals surface area contributed by atoms with Gasteiger partial charge in [-0.2, -0.15) is 5.10 Å². The second-order valence-electron chi connectivity index (χ2n) is 11.4.